The molecule has 8 aromatic carbocycles. The summed E-state index contributed by atoms with van der Waals surface area (Å²) in [7, 11) is 0. The molecule has 0 radical (unpaired) electrons. The van der Waals surface area contributed by atoms with Crippen LogP contribution in [0.1, 0.15) is 0 Å². The summed E-state index contributed by atoms with van der Waals surface area (Å²) in [4.78, 5) is 5.16. The molecule has 0 fully saturated rings. The van der Waals surface area contributed by atoms with Crippen molar-refractivity contribution in [3.63, 3.8) is 0 Å². The SMILES string of the molecule is c1ccc(-c2nc(-c3ccc4c(c3)c3ccccc3n4-c3ccccc3-n3c4ccccc4c4c5sc6ccccc6c5ccc43)n(-c3ccccc3)n2)cc1. The standard InChI is InChI=1S/C50H31N5S/c1-3-15-32(16-4-1)49-51-50(55(52-49)34-17-5-2-6-18-34)33-27-29-42-39(31-33)35-19-7-10-22-40(35)53(42)43-24-12-13-25-44(43)54-41-23-11-8-21-38(41)47-45(54)30-28-37-36-20-9-14-26-46(36)56-48(37)47/h1-31H. The Bertz CT molecular complexity index is 3480. The summed E-state index contributed by atoms with van der Waals surface area (Å²) in [6, 6.07) is 67.0. The fraction of sp³-hybridized carbons (Fsp3) is 0. The third-order valence-corrected chi connectivity index (χ3v) is 12.3. The molecule has 12 aromatic rings. The van der Waals surface area contributed by atoms with Crippen LogP contribution >= 0.6 is 11.3 Å². The van der Waals surface area contributed by atoms with Gasteiger partial charge in [0.1, 0.15) is 0 Å². The summed E-state index contributed by atoms with van der Waals surface area (Å²) in [6.07, 6.45) is 0. The van der Waals surface area contributed by atoms with Gasteiger partial charge in [-0.25, -0.2) is 9.67 Å². The molecule has 12 rings (SSSR count). The monoisotopic (exact) mass is 733 g/mol. The van der Waals surface area contributed by atoms with Crippen LogP contribution in [0.4, 0.5) is 0 Å². The van der Waals surface area contributed by atoms with Crippen molar-refractivity contribution >= 4 is 75.1 Å². The zero-order valence-corrected chi connectivity index (χ0v) is 30.9. The number of benzene rings is 8. The van der Waals surface area contributed by atoms with Gasteiger partial charge in [-0.3, -0.25) is 0 Å². The van der Waals surface area contributed by atoms with Gasteiger partial charge < -0.3 is 9.13 Å². The molecule has 0 aliphatic rings. The Morgan fingerprint density at radius 1 is 0.411 bits per heavy atom. The second-order valence-electron chi connectivity index (χ2n) is 14.2. The van der Waals surface area contributed by atoms with Crippen LogP contribution in [0.3, 0.4) is 0 Å². The van der Waals surface area contributed by atoms with Gasteiger partial charge in [0.05, 0.1) is 39.1 Å². The highest BCUT2D eigenvalue weighted by molar-refractivity contribution is 7.26. The minimum absolute atomic E-state index is 0.694. The van der Waals surface area contributed by atoms with Gasteiger partial charge in [0, 0.05) is 52.8 Å². The van der Waals surface area contributed by atoms with E-state index < -0.39 is 0 Å². The van der Waals surface area contributed by atoms with Crippen molar-refractivity contribution in [1.29, 1.82) is 0 Å². The van der Waals surface area contributed by atoms with Gasteiger partial charge in [0.25, 0.3) is 0 Å². The molecule has 56 heavy (non-hydrogen) atoms. The minimum atomic E-state index is 0.694. The Kier molecular flexibility index (Phi) is 6.73. The van der Waals surface area contributed by atoms with Gasteiger partial charge in [0.15, 0.2) is 11.6 Å². The van der Waals surface area contributed by atoms with E-state index in [9.17, 15) is 0 Å². The molecule has 4 aromatic heterocycles. The average molecular weight is 734 g/mol. The second kappa shape index (κ2) is 12.1. The van der Waals surface area contributed by atoms with Crippen molar-refractivity contribution in [1.82, 2.24) is 23.9 Å². The topological polar surface area (TPSA) is 40.6 Å². The highest BCUT2D eigenvalue weighted by Crippen LogP contribution is 2.44. The van der Waals surface area contributed by atoms with Crippen LogP contribution in [0, 0.1) is 0 Å². The summed E-state index contributed by atoms with van der Waals surface area (Å²) in [5.74, 6) is 1.49. The lowest BCUT2D eigenvalue weighted by atomic mass is 10.1. The fourth-order valence-electron chi connectivity index (χ4n) is 8.67. The summed E-state index contributed by atoms with van der Waals surface area (Å²) < 4.78 is 9.51. The van der Waals surface area contributed by atoms with Gasteiger partial charge in [-0.1, -0.05) is 121 Å². The van der Waals surface area contributed by atoms with Crippen molar-refractivity contribution in [2.75, 3.05) is 0 Å². The van der Waals surface area contributed by atoms with Crippen molar-refractivity contribution in [2.24, 2.45) is 0 Å². The number of hydrogen-bond donors (Lipinski definition) is 0. The lowest BCUT2D eigenvalue weighted by Gasteiger charge is -2.16. The first-order valence-corrected chi connectivity index (χ1v) is 19.7. The molecule has 0 aliphatic heterocycles. The molecular formula is C50H31N5S. The zero-order valence-electron chi connectivity index (χ0n) is 30.0. The van der Waals surface area contributed by atoms with E-state index in [0.29, 0.717) is 5.82 Å². The first-order chi connectivity index (χ1) is 27.8. The van der Waals surface area contributed by atoms with Crippen LogP contribution in [0.2, 0.25) is 0 Å². The molecule has 6 heteroatoms. The third-order valence-electron chi connectivity index (χ3n) is 11.1. The maximum Gasteiger partial charge on any atom is 0.182 e. The first-order valence-electron chi connectivity index (χ1n) is 18.8. The summed E-state index contributed by atoms with van der Waals surface area (Å²) in [5.41, 5.74) is 9.86. The van der Waals surface area contributed by atoms with Gasteiger partial charge in [-0.2, -0.15) is 0 Å². The number of para-hydroxylation sites is 5. The molecule has 4 heterocycles. The van der Waals surface area contributed by atoms with E-state index in [0.717, 1.165) is 50.4 Å². The number of fused-ring (bicyclic) bond motifs is 10. The number of thiophene rings is 1. The summed E-state index contributed by atoms with van der Waals surface area (Å²) in [5, 5.41) is 12.6. The predicted molar refractivity (Wildman–Crippen MR) is 234 cm³/mol. The highest BCUT2D eigenvalue weighted by Gasteiger charge is 2.22. The normalized spacial score (nSPS) is 11.9. The van der Waals surface area contributed by atoms with Crippen molar-refractivity contribution in [3.8, 4) is 39.8 Å². The summed E-state index contributed by atoms with van der Waals surface area (Å²) in [6.45, 7) is 0. The Morgan fingerprint density at radius 3 is 1.79 bits per heavy atom. The zero-order chi connectivity index (χ0) is 36.7. The average Bonchev–Trinajstić information content (AvgIpc) is 4.04. The summed E-state index contributed by atoms with van der Waals surface area (Å²) >= 11 is 1.89. The molecule has 262 valence electrons. The van der Waals surface area contributed by atoms with E-state index in [4.69, 9.17) is 10.1 Å². The lowest BCUT2D eigenvalue weighted by Crippen LogP contribution is -2.03. The molecule has 0 saturated heterocycles. The van der Waals surface area contributed by atoms with Gasteiger partial charge in [-0.05, 0) is 66.7 Å². The number of aromatic nitrogens is 5. The van der Waals surface area contributed by atoms with Crippen LogP contribution in [0.15, 0.2) is 188 Å². The third kappa shape index (κ3) is 4.54. The van der Waals surface area contributed by atoms with Gasteiger partial charge in [0.2, 0.25) is 0 Å². The lowest BCUT2D eigenvalue weighted by molar-refractivity contribution is 0.891. The van der Waals surface area contributed by atoms with Gasteiger partial charge in [-0.15, -0.1) is 16.4 Å². The van der Waals surface area contributed by atoms with E-state index in [-0.39, 0.29) is 0 Å². The van der Waals surface area contributed by atoms with Crippen molar-refractivity contribution in [3.05, 3.63) is 188 Å². The van der Waals surface area contributed by atoms with Crippen LogP contribution in [0.25, 0.3) is 104 Å². The molecule has 0 spiro atoms. The fourth-order valence-corrected chi connectivity index (χ4v) is 9.93. The maximum atomic E-state index is 5.16. The van der Waals surface area contributed by atoms with Crippen LogP contribution in [-0.2, 0) is 0 Å². The van der Waals surface area contributed by atoms with E-state index in [1.807, 2.05) is 52.4 Å². The van der Waals surface area contributed by atoms with E-state index in [1.54, 1.807) is 0 Å². The molecule has 0 unspecified atom stereocenters. The molecule has 0 saturated carbocycles. The number of nitrogens with zero attached hydrogens (tertiary/aromatic N) is 5. The smallest absolute Gasteiger partial charge is 0.182 e. The Balaban J connectivity index is 1.10. The predicted octanol–water partition coefficient (Wildman–Crippen LogP) is 13.2. The molecule has 0 atom stereocenters. The van der Waals surface area contributed by atoms with Crippen LogP contribution in [0.5, 0.6) is 0 Å². The minimum Gasteiger partial charge on any atom is -0.307 e. The van der Waals surface area contributed by atoms with E-state index >= 15 is 0 Å². The first kappa shape index (κ1) is 31.1. The molecule has 0 bridgehead atoms. The maximum absolute atomic E-state index is 5.16. The van der Waals surface area contributed by atoms with E-state index in [2.05, 4.69) is 161 Å². The van der Waals surface area contributed by atoms with Crippen molar-refractivity contribution < 1.29 is 0 Å². The largest absolute Gasteiger partial charge is 0.307 e. The second-order valence-corrected chi connectivity index (χ2v) is 15.3. The molecule has 5 nitrogen and oxygen atoms in total. The molecule has 0 amide bonds. The van der Waals surface area contributed by atoms with Crippen molar-refractivity contribution in [2.45, 2.75) is 0 Å². The van der Waals surface area contributed by atoms with E-state index in [1.165, 1.54) is 47.4 Å². The quantitative estimate of drug-likeness (QED) is 0.177. The molecular weight excluding hydrogens is 703 g/mol. The molecule has 0 aliphatic carbocycles. The molecule has 0 N–H and O–H groups in total. The van der Waals surface area contributed by atoms with Crippen LogP contribution in [-0.4, -0.2) is 23.9 Å². The number of rotatable bonds is 5. The van der Waals surface area contributed by atoms with Gasteiger partial charge >= 0.3 is 0 Å². The van der Waals surface area contributed by atoms with Crippen LogP contribution < -0.4 is 0 Å². The number of hydrogen-bond acceptors (Lipinski definition) is 3. The Hall–Kier alpha value is -7.28. The Morgan fingerprint density at radius 2 is 1.00 bits per heavy atom. The Labute approximate surface area is 325 Å². The highest BCUT2D eigenvalue weighted by atomic mass is 32.1.